The highest BCUT2D eigenvalue weighted by Crippen LogP contribution is 2.29. The number of hydrogen-bond donors (Lipinski definition) is 3. The molecule has 0 radical (unpaired) electrons. The lowest BCUT2D eigenvalue weighted by molar-refractivity contribution is 0.0698. The van der Waals surface area contributed by atoms with Gasteiger partial charge >= 0.3 is 5.97 Å². The summed E-state index contributed by atoms with van der Waals surface area (Å²) in [6.45, 7) is 3.78. The lowest BCUT2D eigenvalue weighted by Gasteiger charge is -2.10. The van der Waals surface area contributed by atoms with E-state index in [0.29, 0.717) is 22.3 Å². The molecule has 25 heavy (non-hydrogen) atoms. The molecule has 0 spiro atoms. The van der Waals surface area contributed by atoms with Crippen LogP contribution in [0.5, 0.6) is 0 Å². The normalized spacial score (nSPS) is 11.8. The third kappa shape index (κ3) is 3.20. The Morgan fingerprint density at radius 2 is 1.88 bits per heavy atom. The number of para-hydroxylation sites is 1. The number of nitrogens with one attached hydrogen (secondary N) is 2. The Bertz CT molecular complexity index is 1040. The molecule has 3 N–H and O–H groups in total. The molecule has 3 rings (SSSR count). The van der Waals surface area contributed by atoms with Gasteiger partial charge < -0.3 is 5.11 Å². The quantitative estimate of drug-likeness (QED) is 0.648. The van der Waals surface area contributed by atoms with Crippen molar-refractivity contribution in [2.45, 2.75) is 24.7 Å². The smallest absolute Gasteiger partial charge is 0.336 e. The Balaban J connectivity index is 2.16. The zero-order chi connectivity index (χ0) is 18.2. The molecule has 0 bridgehead atoms. The fourth-order valence-corrected chi connectivity index (χ4v) is 3.73. The minimum atomic E-state index is -3.93. The van der Waals surface area contributed by atoms with E-state index in [2.05, 4.69) is 14.9 Å². The predicted octanol–water partition coefficient (Wildman–Crippen LogP) is 3.19. The molecule has 0 amide bonds. The SMILES string of the molecule is CC(C)c1n[nH]c2cc(S(=O)(=O)Nc3ccccc3)cc(C(=O)O)c12. The molecule has 0 aliphatic heterocycles. The van der Waals surface area contributed by atoms with E-state index >= 15 is 0 Å². The van der Waals surface area contributed by atoms with Gasteiger partial charge in [0.25, 0.3) is 10.0 Å². The van der Waals surface area contributed by atoms with Gasteiger partial charge in [-0.25, -0.2) is 13.2 Å². The van der Waals surface area contributed by atoms with Crippen molar-refractivity contribution in [3.05, 3.63) is 53.7 Å². The fraction of sp³-hybridized carbons (Fsp3) is 0.176. The summed E-state index contributed by atoms with van der Waals surface area (Å²) in [5.74, 6) is -1.21. The molecule has 3 aromatic rings. The van der Waals surface area contributed by atoms with Crippen LogP contribution < -0.4 is 4.72 Å². The number of carboxylic acids is 1. The van der Waals surface area contributed by atoms with Gasteiger partial charge in [0.05, 0.1) is 21.7 Å². The molecule has 0 aliphatic rings. The summed E-state index contributed by atoms with van der Waals surface area (Å²) in [7, 11) is -3.93. The molecular weight excluding hydrogens is 342 g/mol. The van der Waals surface area contributed by atoms with Crippen LogP contribution in [0.4, 0.5) is 5.69 Å². The van der Waals surface area contributed by atoms with Gasteiger partial charge in [-0.1, -0.05) is 32.0 Å². The summed E-state index contributed by atoms with van der Waals surface area (Å²) >= 11 is 0. The minimum absolute atomic E-state index is 0.00301. The van der Waals surface area contributed by atoms with Crippen LogP contribution >= 0.6 is 0 Å². The Morgan fingerprint density at radius 1 is 1.20 bits per heavy atom. The van der Waals surface area contributed by atoms with Crippen molar-refractivity contribution >= 4 is 32.6 Å². The predicted molar refractivity (Wildman–Crippen MR) is 94.4 cm³/mol. The third-order valence-electron chi connectivity index (χ3n) is 3.78. The molecule has 7 nitrogen and oxygen atoms in total. The molecule has 2 aromatic carbocycles. The average molecular weight is 359 g/mol. The van der Waals surface area contributed by atoms with Crippen molar-refractivity contribution in [2.24, 2.45) is 0 Å². The van der Waals surface area contributed by atoms with Crippen molar-refractivity contribution in [1.82, 2.24) is 10.2 Å². The highest BCUT2D eigenvalue weighted by molar-refractivity contribution is 7.92. The van der Waals surface area contributed by atoms with E-state index in [9.17, 15) is 18.3 Å². The van der Waals surface area contributed by atoms with Crippen molar-refractivity contribution < 1.29 is 18.3 Å². The van der Waals surface area contributed by atoms with Crippen LogP contribution in [-0.4, -0.2) is 29.7 Å². The number of rotatable bonds is 5. The van der Waals surface area contributed by atoms with Gasteiger partial charge in [0.2, 0.25) is 0 Å². The average Bonchev–Trinajstić information content (AvgIpc) is 2.98. The molecule has 0 aliphatic carbocycles. The van der Waals surface area contributed by atoms with Gasteiger partial charge in [-0.15, -0.1) is 0 Å². The van der Waals surface area contributed by atoms with Gasteiger partial charge in [0.15, 0.2) is 0 Å². The van der Waals surface area contributed by atoms with Crippen molar-refractivity contribution in [1.29, 1.82) is 0 Å². The van der Waals surface area contributed by atoms with E-state index in [-0.39, 0.29) is 16.4 Å². The molecule has 1 heterocycles. The van der Waals surface area contributed by atoms with Gasteiger partial charge in [-0.05, 0) is 30.2 Å². The summed E-state index contributed by atoms with van der Waals surface area (Å²) in [4.78, 5) is 11.5. The Hall–Kier alpha value is -2.87. The number of anilines is 1. The molecule has 0 saturated carbocycles. The van der Waals surface area contributed by atoms with E-state index < -0.39 is 16.0 Å². The van der Waals surface area contributed by atoms with Crippen LogP contribution in [0.1, 0.15) is 35.8 Å². The lowest BCUT2D eigenvalue weighted by atomic mass is 10.0. The first kappa shape index (κ1) is 17.0. The molecule has 0 saturated heterocycles. The maximum Gasteiger partial charge on any atom is 0.336 e. The second-order valence-electron chi connectivity index (χ2n) is 5.93. The second kappa shape index (κ2) is 6.21. The number of fused-ring (bicyclic) bond motifs is 1. The Labute approximate surface area is 144 Å². The van der Waals surface area contributed by atoms with Crippen LogP contribution in [0.25, 0.3) is 10.9 Å². The molecule has 0 fully saturated rings. The molecule has 1 aromatic heterocycles. The number of carbonyl (C=O) groups is 1. The molecular formula is C17H17N3O4S. The number of aromatic carboxylic acids is 1. The Kier molecular flexibility index (Phi) is 4.22. The lowest BCUT2D eigenvalue weighted by Crippen LogP contribution is -2.14. The van der Waals surface area contributed by atoms with Crippen LogP contribution in [0.15, 0.2) is 47.4 Å². The Morgan fingerprint density at radius 3 is 2.48 bits per heavy atom. The summed E-state index contributed by atoms with van der Waals surface area (Å²) in [5, 5.41) is 16.8. The van der Waals surface area contributed by atoms with Crippen LogP contribution in [-0.2, 0) is 10.0 Å². The fourth-order valence-electron chi connectivity index (χ4n) is 2.62. The number of hydrogen-bond acceptors (Lipinski definition) is 4. The largest absolute Gasteiger partial charge is 0.478 e. The number of aromatic amines is 1. The van der Waals surface area contributed by atoms with E-state index in [4.69, 9.17) is 0 Å². The van der Waals surface area contributed by atoms with E-state index in [1.54, 1.807) is 30.3 Å². The van der Waals surface area contributed by atoms with Gasteiger partial charge in [0.1, 0.15) is 0 Å². The number of nitrogens with zero attached hydrogens (tertiary/aromatic N) is 1. The van der Waals surface area contributed by atoms with Crippen LogP contribution in [0.3, 0.4) is 0 Å². The van der Waals surface area contributed by atoms with Crippen molar-refractivity contribution in [3.8, 4) is 0 Å². The van der Waals surface area contributed by atoms with Gasteiger partial charge in [0, 0.05) is 11.1 Å². The maximum atomic E-state index is 12.6. The second-order valence-corrected chi connectivity index (χ2v) is 7.62. The van der Waals surface area contributed by atoms with E-state index in [1.165, 1.54) is 6.07 Å². The summed E-state index contributed by atoms with van der Waals surface area (Å²) in [5.41, 5.74) is 1.26. The highest BCUT2D eigenvalue weighted by Gasteiger charge is 2.23. The standard InChI is InChI=1S/C17H17N3O4S/c1-10(2)16-15-13(17(21)22)8-12(9-14(15)18-19-16)25(23,24)20-11-6-4-3-5-7-11/h3-10,20H,1-2H3,(H,18,19)(H,21,22). The zero-order valence-corrected chi connectivity index (χ0v) is 14.5. The topological polar surface area (TPSA) is 112 Å². The van der Waals surface area contributed by atoms with Crippen molar-refractivity contribution in [2.75, 3.05) is 4.72 Å². The first-order valence-electron chi connectivity index (χ1n) is 7.63. The molecule has 130 valence electrons. The first-order valence-corrected chi connectivity index (χ1v) is 9.11. The number of aromatic nitrogens is 2. The zero-order valence-electron chi connectivity index (χ0n) is 13.6. The van der Waals surface area contributed by atoms with Crippen LogP contribution in [0.2, 0.25) is 0 Å². The minimum Gasteiger partial charge on any atom is -0.478 e. The molecule has 8 heteroatoms. The number of sulfonamides is 1. The molecule has 0 atom stereocenters. The highest BCUT2D eigenvalue weighted by atomic mass is 32.2. The summed E-state index contributed by atoms with van der Waals surface area (Å²) in [6.07, 6.45) is 0. The summed E-state index contributed by atoms with van der Waals surface area (Å²) in [6, 6.07) is 11.0. The number of benzene rings is 2. The first-order chi connectivity index (χ1) is 11.8. The van der Waals surface area contributed by atoms with Gasteiger partial charge in [-0.2, -0.15) is 5.10 Å². The number of H-pyrrole nitrogens is 1. The van der Waals surface area contributed by atoms with E-state index in [1.807, 2.05) is 13.8 Å². The maximum absolute atomic E-state index is 12.6. The van der Waals surface area contributed by atoms with Crippen LogP contribution in [0, 0.1) is 0 Å². The van der Waals surface area contributed by atoms with E-state index in [0.717, 1.165) is 6.07 Å². The van der Waals surface area contributed by atoms with Crippen molar-refractivity contribution in [3.63, 3.8) is 0 Å². The summed E-state index contributed by atoms with van der Waals surface area (Å²) < 4.78 is 27.7. The van der Waals surface area contributed by atoms with Gasteiger partial charge in [-0.3, -0.25) is 9.82 Å². The monoisotopic (exact) mass is 359 g/mol. The third-order valence-corrected chi connectivity index (χ3v) is 5.14. The molecule has 0 unspecified atom stereocenters. The number of carboxylic acid groups (broad SMARTS) is 1.